The first-order chi connectivity index (χ1) is 10.3. The zero-order chi connectivity index (χ0) is 16.3. The van der Waals surface area contributed by atoms with Gasteiger partial charge in [-0.1, -0.05) is 41.4 Å². The van der Waals surface area contributed by atoms with E-state index in [1.165, 1.54) is 12.1 Å². The van der Waals surface area contributed by atoms with Gasteiger partial charge in [0.1, 0.15) is 4.90 Å². The number of hydrogen-bond donors (Lipinski definition) is 2. The second kappa shape index (κ2) is 6.66. The van der Waals surface area contributed by atoms with Gasteiger partial charge in [0.25, 0.3) is 0 Å². The number of hydrogen-bond acceptors (Lipinski definition) is 3. The summed E-state index contributed by atoms with van der Waals surface area (Å²) >= 11 is 11.8. The average Bonchev–Trinajstić information content (AvgIpc) is 2.46. The van der Waals surface area contributed by atoms with Gasteiger partial charge in [0.15, 0.2) is 0 Å². The largest absolute Gasteiger partial charge is 0.478 e. The van der Waals surface area contributed by atoms with E-state index in [0.29, 0.717) is 10.6 Å². The zero-order valence-electron chi connectivity index (χ0n) is 11.1. The number of halogens is 2. The molecule has 2 aromatic carbocycles. The van der Waals surface area contributed by atoms with E-state index in [4.69, 9.17) is 28.3 Å². The molecule has 0 amide bonds. The highest BCUT2D eigenvalue weighted by Gasteiger charge is 2.20. The van der Waals surface area contributed by atoms with Crippen LogP contribution in [0.3, 0.4) is 0 Å². The number of sulfonamides is 1. The molecule has 0 unspecified atom stereocenters. The van der Waals surface area contributed by atoms with Gasteiger partial charge in [-0.05, 0) is 29.8 Å². The Morgan fingerprint density at radius 3 is 2.41 bits per heavy atom. The van der Waals surface area contributed by atoms with Crippen molar-refractivity contribution in [3.63, 3.8) is 0 Å². The van der Waals surface area contributed by atoms with Gasteiger partial charge in [-0.15, -0.1) is 0 Å². The molecular weight excluding hydrogens is 349 g/mol. The number of nitrogens with one attached hydrogen (secondary N) is 1. The van der Waals surface area contributed by atoms with Gasteiger partial charge in [-0.25, -0.2) is 17.9 Å². The fourth-order valence-corrected chi connectivity index (χ4v) is 3.47. The van der Waals surface area contributed by atoms with Gasteiger partial charge in [0.05, 0.1) is 10.6 Å². The molecule has 5 nitrogen and oxygen atoms in total. The van der Waals surface area contributed by atoms with Crippen LogP contribution < -0.4 is 4.72 Å². The van der Waals surface area contributed by atoms with E-state index >= 15 is 0 Å². The molecular formula is C14H11Cl2NO4S. The molecule has 8 heteroatoms. The van der Waals surface area contributed by atoms with Gasteiger partial charge in [-0.2, -0.15) is 0 Å². The standard InChI is InChI=1S/C14H11Cl2NO4S/c15-11-4-2-1-3-10(11)8-17-22(20,21)13-7-9(14(18)19)5-6-12(13)16/h1-7,17H,8H2,(H,18,19). The number of carboxylic acid groups (broad SMARTS) is 1. The predicted octanol–water partition coefficient (Wildman–Crippen LogP) is 3.17. The Bertz CT molecular complexity index is 821. The highest BCUT2D eigenvalue weighted by molar-refractivity contribution is 7.89. The third-order valence-electron chi connectivity index (χ3n) is 2.88. The molecule has 2 N–H and O–H groups in total. The van der Waals surface area contributed by atoms with Crippen molar-refractivity contribution < 1.29 is 18.3 Å². The summed E-state index contributed by atoms with van der Waals surface area (Å²) in [7, 11) is -3.97. The Balaban J connectivity index is 2.29. The van der Waals surface area contributed by atoms with E-state index in [0.717, 1.165) is 6.07 Å². The SMILES string of the molecule is O=C(O)c1ccc(Cl)c(S(=O)(=O)NCc2ccccc2Cl)c1. The van der Waals surface area contributed by atoms with Crippen LogP contribution in [0.5, 0.6) is 0 Å². The molecule has 0 saturated heterocycles. The lowest BCUT2D eigenvalue weighted by molar-refractivity contribution is 0.0696. The summed E-state index contributed by atoms with van der Waals surface area (Å²) in [6.45, 7) is -0.0321. The Morgan fingerprint density at radius 1 is 1.09 bits per heavy atom. The maximum absolute atomic E-state index is 12.3. The van der Waals surface area contributed by atoms with E-state index in [9.17, 15) is 13.2 Å². The predicted molar refractivity (Wildman–Crippen MR) is 83.9 cm³/mol. The normalized spacial score (nSPS) is 11.4. The van der Waals surface area contributed by atoms with Gasteiger partial charge < -0.3 is 5.11 Å². The minimum Gasteiger partial charge on any atom is -0.478 e. The summed E-state index contributed by atoms with van der Waals surface area (Å²) in [5.41, 5.74) is 0.431. The summed E-state index contributed by atoms with van der Waals surface area (Å²) in [6.07, 6.45) is 0. The smallest absolute Gasteiger partial charge is 0.335 e. The van der Waals surface area contributed by atoms with Crippen LogP contribution in [0.15, 0.2) is 47.4 Å². The van der Waals surface area contributed by atoms with Crippen molar-refractivity contribution in [1.82, 2.24) is 4.72 Å². The Hall–Kier alpha value is -1.60. The van der Waals surface area contributed by atoms with Crippen LogP contribution in [-0.4, -0.2) is 19.5 Å². The van der Waals surface area contributed by atoms with Crippen LogP contribution in [0.2, 0.25) is 10.0 Å². The molecule has 0 bridgehead atoms. The topological polar surface area (TPSA) is 83.5 Å². The molecule has 0 aromatic heterocycles. The average molecular weight is 360 g/mol. The van der Waals surface area contributed by atoms with E-state index in [2.05, 4.69) is 4.72 Å². The second-order valence-electron chi connectivity index (χ2n) is 4.37. The van der Waals surface area contributed by atoms with E-state index in [1.54, 1.807) is 24.3 Å². The maximum Gasteiger partial charge on any atom is 0.335 e. The number of benzene rings is 2. The van der Waals surface area contributed by atoms with Crippen molar-refractivity contribution in [2.24, 2.45) is 0 Å². The van der Waals surface area contributed by atoms with Crippen LogP contribution in [0, 0.1) is 0 Å². The van der Waals surface area contributed by atoms with Crippen molar-refractivity contribution in [3.05, 3.63) is 63.6 Å². The molecule has 0 aliphatic heterocycles. The van der Waals surface area contributed by atoms with Crippen LogP contribution >= 0.6 is 23.2 Å². The minimum atomic E-state index is -3.97. The molecule has 0 radical (unpaired) electrons. The third kappa shape index (κ3) is 3.78. The highest BCUT2D eigenvalue weighted by Crippen LogP contribution is 2.23. The van der Waals surface area contributed by atoms with Crippen molar-refractivity contribution >= 4 is 39.2 Å². The van der Waals surface area contributed by atoms with Crippen molar-refractivity contribution in [3.8, 4) is 0 Å². The van der Waals surface area contributed by atoms with E-state index in [-0.39, 0.29) is 22.0 Å². The highest BCUT2D eigenvalue weighted by atomic mass is 35.5. The molecule has 0 aliphatic carbocycles. The second-order valence-corrected chi connectivity index (χ2v) is 6.92. The first-order valence-electron chi connectivity index (χ1n) is 6.07. The Morgan fingerprint density at radius 2 is 1.77 bits per heavy atom. The molecule has 2 rings (SSSR count). The fourth-order valence-electron chi connectivity index (χ4n) is 1.73. The molecule has 0 fully saturated rings. The molecule has 0 spiro atoms. The summed E-state index contributed by atoms with van der Waals surface area (Å²) in [5, 5.41) is 9.30. The van der Waals surface area contributed by atoms with Gasteiger partial charge >= 0.3 is 5.97 Å². The number of aromatic carboxylic acids is 1. The molecule has 0 saturated carbocycles. The third-order valence-corrected chi connectivity index (χ3v) is 5.13. The number of carboxylic acids is 1. The lowest BCUT2D eigenvalue weighted by Gasteiger charge is -2.10. The summed E-state index contributed by atoms with van der Waals surface area (Å²) in [6, 6.07) is 10.3. The first-order valence-corrected chi connectivity index (χ1v) is 8.31. The molecule has 116 valence electrons. The van der Waals surface area contributed by atoms with Crippen LogP contribution in [0.4, 0.5) is 0 Å². The quantitative estimate of drug-likeness (QED) is 0.858. The van der Waals surface area contributed by atoms with Gasteiger partial charge in [0.2, 0.25) is 10.0 Å². The molecule has 0 aliphatic rings. The van der Waals surface area contributed by atoms with Crippen molar-refractivity contribution in [1.29, 1.82) is 0 Å². The van der Waals surface area contributed by atoms with Crippen molar-refractivity contribution in [2.45, 2.75) is 11.4 Å². The van der Waals surface area contributed by atoms with Crippen LogP contribution in [0.25, 0.3) is 0 Å². The summed E-state index contributed by atoms with van der Waals surface area (Å²) < 4.78 is 26.9. The maximum atomic E-state index is 12.3. The molecule has 0 heterocycles. The van der Waals surface area contributed by atoms with Crippen molar-refractivity contribution in [2.75, 3.05) is 0 Å². The molecule has 22 heavy (non-hydrogen) atoms. The first kappa shape index (κ1) is 16.8. The lowest BCUT2D eigenvalue weighted by atomic mass is 10.2. The van der Waals surface area contributed by atoms with Gasteiger partial charge in [-0.3, -0.25) is 0 Å². The van der Waals surface area contributed by atoms with Gasteiger partial charge in [0, 0.05) is 11.6 Å². The Labute approximate surface area is 137 Å². The van der Waals surface area contributed by atoms with Crippen LogP contribution in [0.1, 0.15) is 15.9 Å². The summed E-state index contributed by atoms with van der Waals surface area (Å²) in [4.78, 5) is 10.6. The lowest BCUT2D eigenvalue weighted by Crippen LogP contribution is -2.24. The Kier molecular flexibility index (Phi) is 5.08. The molecule has 0 atom stereocenters. The monoisotopic (exact) mass is 359 g/mol. The van der Waals surface area contributed by atoms with Crippen LogP contribution in [-0.2, 0) is 16.6 Å². The zero-order valence-corrected chi connectivity index (χ0v) is 13.4. The summed E-state index contributed by atoms with van der Waals surface area (Å²) in [5.74, 6) is -1.24. The number of rotatable bonds is 5. The minimum absolute atomic E-state index is 0.0321. The van der Waals surface area contributed by atoms with E-state index in [1.807, 2.05) is 0 Å². The number of carbonyl (C=O) groups is 1. The fraction of sp³-hybridized carbons (Fsp3) is 0.0714. The van der Waals surface area contributed by atoms with E-state index < -0.39 is 16.0 Å². The molecule has 2 aromatic rings.